The molecule has 1 aliphatic rings. The maximum Gasteiger partial charge on any atom is 0.164 e. The summed E-state index contributed by atoms with van der Waals surface area (Å²) in [4.78, 5) is 16.2. The molecule has 354 valence electrons. The first-order chi connectivity index (χ1) is 37.0. The lowest BCUT2D eigenvalue weighted by atomic mass is 9.72. The zero-order valence-electron chi connectivity index (χ0n) is 41.1. The number of rotatable bonds is 9. The van der Waals surface area contributed by atoms with E-state index in [-0.39, 0.29) is 5.41 Å². The van der Waals surface area contributed by atoms with Crippen molar-refractivity contribution in [1.29, 1.82) is 0 Å². The first-order valence-electron chi connectivity index (χ1n) is 25.5. The van der Waals surface area contributed by atoms with Crippen LogP contribution in [0.15, 0.2) is 259 Å². The highest BCUT2D eigenvalue weighted by molar-refractivity contribution is 7.26. The Balaban J connectivity index is 0.925. The van der Waals surface area contributed by atoms with Crippen molar-refractivity contribution in [3.8, 4) is 78.7 Å². The van der Waals surface area contributed by atoms with Crippen molar-refractivity contribution in [3.63, 3.8) is 0 Å². The summed E-state index contributed by atoms with van der Waals surface area (Å²) in [6.45, 7) is 2.37. The SMILES string of the molecule is CC1(c2cc(-c3ccccc3)cc(-c3nc(-c4ccc(-c5ccccc5)cc4)nc(-c4cccc5oc6ccc(-c7ccccc7)cc6c45)n3)c2)C=CC=C(c2cccc3c2sc2c(-c4ccccc4)cccc23)C1. The van der Waals surface area contributed by atoms with Crippen LogP contribution < -0.4 is 0 Å². The van der Waals surface area contributed by atoms with Gasteiger partial charge in [0.1, 0.15) is 11.2 Å². The number of nitrogens with zero attached hydrogens (tertiary/aromatic N) is 3. The third-order valence-electron chi connectivity index (χ3n) is 15.0. The largest absolute Gasteiger partial charge is 0.456 e. The Morgan fingerprint density at radius 2 is 0.907 bits per heavy atom. The Morgan fingerprint density at radius 3 is 1.60 bits per heavy atom. The van der Waals surface area contributed by atoms with E-state index >= 15 is 0 Å². The maximum absolute atomic E-state index is 6.57. The van der Waals surface area contributed by atoms with Crippen LogP contribution in [-0.4, -0.2) is 15.0 Å². The molecule has 0 spiro atoms. The molecule has 0 amide bonds. The van der Waals surface area contributed by atoms with Crippen molar-refractivity contribution in [1.82, 2.24) is 15.0 Å². The molecule has 5 heteroatoms. The summed E-state index contributed by atoms with van der Waals surface area (Å²) in [5.74, 6) is 1.77. The minimum Gasteiger partial charge on any atom is -0.456 e. The zero-order valence-corrected chi connectivity index (χ0v) is 41.9. The maximum atomic E-state index is 6.57. The number of allylic oxidation sites excluding steroid dienone is 4. The van der Waals surface area contributed by atoms with Gasteiger partial charge >= 0.3 is 0 Å². The van der Waals surface area contributed by atoms with Crippen molar-refractivity contribution in [2.75, 3.05) is 0 Å². The molecular formula is C70H47N3OS. The molecule has 0 aliphatic heterocycles. The molecule has 10 aromatic carbocycles. The molecule has 0 radical (unpaired) electrons. The van der Waals surface area contributed by atoms with Crippen LogP contribution in [0.2, 0.25) is 0 Å². The number of hydrogen-bond acceptors (Lipinski definition) is 5. The molecule has 3 heterocycles. The molecule has 3 aromatic heterocycles. The van der Waals surface area contributed by atoms with E-state index in [1.165, 1.54) is 48.0 Å². The number of hydrogen-bond donors (Lipinski definition) is 0. The Labute approximate surface area is 439 Å². The molecule has 1 atom stereocenters. The number of thiophene rings is 1. The standard InChI is InChI=1S/C70H47N3OS/c1-70(39-17-26-52(44-70)57-28-15-30-59-58-29-14-27-56(65(58)75-66(57)59)49-24-12-5-13-25-49)55-41-53(47-22-10-4-11-23-47)40-54(42-55)68-71-67(50-35-33-48(34-36-50)45-18-6-2-7-19-45)72-69(73-68)60-31-16-32-63-64(60)61-43-51(37-38-62(61)74-63)46-20-8-3-9-21-46/h2-43H,44H2,1H3. The van der Waals surface area contributed by atoms with E-state index in [1.54, 1.807) is 0 Å². The summed E-state index contributed by atoms with van der Waals surface area (Å²) in [6.07, 6.45) is 7.75. The summed E-state index contributed by atoms with van der Waals surface area (Å²) in [5.41, 5.74) is 17.0. The van der Waals surface area contributed by atoms with Gasteiger partial charge in [-0.1, -0.05) is 231 Å². The normalized spacial score (nSPS) is 14.5. The molecule has 0 N–H and O–H groups in total. The molecule has 14 rings (SSSR count). The average molecular weight is 978 g/mol. The molecule has 75 heavy (non-hydrogen) atoms. The number of benzene rings is 10. The fourth-order valence-corrected chi connectivity index (χ4v) is 12.5. The summed E-state index contributed by atoms with van der Waals surface area (Å²) >= 11 is 1.91. The monoisotopic (exact) mass is 977 g/mol. The predicted octanol–water partition coefficient (Wildman–Crippen LogP) is 19.1. The molecule has 1 aliphatic carbocycles. The van der Waals surface area contributed by atoms with Crippen LogP contribution in [0.5, 0.6) is 0 Å². The Kier molecular flexibility index (Phi) is 10.9. The van der Waals surface area contributed by atoms with Crippen molar-refractivity contribution in [3.05, 3.63) is 266 Å². The molecule has 0 fully saturated rings. The Bertz CT molecular complexity index is 4370. The summed E-state index contributed by atoms with van der Waals surface area (Å²) in [5, 5.41) is 4.57. The molecule has 4 nitrogen and oxygen atoms in total. The van der Waals surface area contributed by atoms with E-state index in [2.05, 4.69) is 237 Å². The van der Waals surface area contributed by atoms with Gasteiger partial charge in [-0.15, -0.1) is 11.3 Å². The van der Waals surface area contributed by atoms with Crippen molar-refractivity contribution in [2.24, 2.45) is 0 Å². The Morgan fingerprint density at radius 1 is 0.387 bits per heavy atom. The predicted molar refractivity (Wildman–Crippen MR) is 314 cm³/mol. The van der Waals surface area contributed by atoms with Gasteiger partial charge in [-0.2, -0.15) is 0 Å². The lowest BCUT2D eigenvalue weighted by Gasteiger charge is -2.32. The van der Waals surface area contributed by atoms with Gasteiger partial charge in [-0.25, -0.2) is 15.0 Å². The highest BCUT2D eigenvalue weighted by Gasteiger charge is 2.30. The van der Waals surface area contributed by atoms with E-state index in [1.807, 2.05) is 35.6 Å². The topological polar surface area (TPSA) is 51.8 Å². The summed E-state index contributed by atoms with van der Waals surface area (Å²) < 4.78 is 9.21. The number of furan rings is 1. The smallest absolute Gasteiger partial charge is 0.164 e. The third kappa shape index (κ3) is 8.06. The Hall–Kier alpha value is -9.29. The first-order valence-corrected chi connectivity index (χ1v) is 26.3. The minimum atomic E-state index is -0.374. The fourth-order valence-electron chi connectivity index (χ4n) is 11.1. The quantitative estimate of drug-likeness (QED) is 0.145. The van der Waals surface area contributed by atoms with Gasteiger partial charge in [0.05, 0.1) is 0 Å². The van der Waals surface area contributed by atoms with Gasteiger partial charge in [0, 0.05) is 53.1 Å². The second-order valence-corrected chi connectivity index (χ2v) is 20.8. The van der Waals surface area contributed by atoms with Crippen LogP contribution in [0, 0.1) is 0 Å². The van der Waals surface area contributed by atoms with Crippen molar-refractivity contribution >= 4 is 59.0 Å². The molecule has 13 aromatic rings. The lowest BCUT2D eigenvalue weighted by Crippen LogP contribution is -2.21. The van der Waals surface area contributed by atoms with Crippen LogP contribution in [0.4, 0.5) is 0 Å². The van der Waals surface area contributed by atoms with Crippen LogP contribution in [0.1, 0.15) is 24.5 Å². The zero-order chi connectivity index (χ0) is 49.9. The molecule has 0 saturated heterocycles. The van der Waals surface area contributed by atoms with Gasteiger partial charge in [-0.3, -0.25) is 0 Å². The number of aromatic nitrogens is 3. The highest BCUT2D eigenvalue weighted by atomic mass is 32.1. The van der Waals surface area contributed by atoms with Crippen molar-refractivity contribution in [2.45, 2.75) is 18.8 Å². The molecular weight excluding hydrogens is 931 g/mol. The van der Waals surface area contributed by atoms with E-state index in [0.717, 1.165) is 78.4 Å². The number of fused-ring (bicyclic) bond motifs is 6. The van der Waals surface area contributed by atoms with E-state index in [4.69, 9.17) is 19.4 Å². The van der Waals surface area contributed by atoms with Crippen LogP contribution in [0.25, 0.3) is 126 Å². The van der Waals surface area contributed by atoms with E-state index in [9.17, 15) is 0 Å². The van der Waals surface area contributed by atoms with E-state index in [0.29, 0.717) is 17.5 Å². The summed E-state index contributed by atoms with van der Waals surface area (Å²) in [6, 6.07) is 84.0. The molecule has 0 saturated carbocycles. The van der Waals surface area contributed by atoms with Crippen molar-refractivity contribution < 1.29 is 4.42 Å². The van der Waals surface area contributed by atoms with Gasteiger partial charge < -0.3 is 4.42 Å². The van der Waals surface area contributed by atoms with Crippen LogP contribution in [0.3, 0.4) is 0 Å². The fraction of sp³-hybridized carbons (Fsp3) is 0.0429. The first kappa shape index (κ1) is 44.4. The van der Waals surface area contributed by atoms with E-state index < -0.39 is 0 Å². The highest BCUT2D eigenvalue weighted by Crippen LogP contribution is 2.47. The van der Waals surface area contributed by atoms with Crippen LogP contribution >= 0.6 is 11.3 Å². The lowest BCUT2D eigenvalue weighted by molar-refractivity contribution is 0.610. The average Bonchev–Trinajstić information content (AvgIpc) is 4.07. The van der Waals surface area contributed by atoms with Gasteiger partial charge in [0.2, 0.25) is 0 Å². The molecule has 1 unspecified atom stereocenters. The summed E-state index contributed by atoms with van der Waals surface area (Å²) in [7, 11) is 0. The van der Waals surface area contributed by atoms with Gasteiger partial charge in [0.15, 0.2) is 17.5 Å². The third-order valence-corrected chi connectivity index (χ3v) is 16.2. The van der Waals surface area contributed by atoms with Gasteiger partial charge in [-0.05, 0) is 98.0 Å². The second kappa shape index (κ2) is 18.3. The van der Waals surface area contributed by atoms with Crippen LogP contribution in [-0.2, 0) is 5.41 Å². The second-order valence-electron chi connectivity index (χ2n) is 19.8. The minimum absolute atomic E-state index is 0.374. The van der Waals surface area contributed by atoms with Gasteiger partial charge in [0.25, 0.3) is 0 Å². The molecule has 0 bridgehead atoms.